The molecule has 30 heavy (non-hydrogen) atoms. The highest BCUT2D eigenvalue weighted by Gasteiger charge is 2.22. The van der Waals surface area contributed by atoms with Gasteiger partial charge in [-0.3, -0.25) is 4.90 Å². The number of carbonyl (C=O) groups excluding carboxylic acids is 1. The summed E-state index contributed by atoms with van der Waals surface area (Å²) in [6, 6.07) is 15.7. The molecule has 6 nitrogen and oxygen atoms in total. The van der Waals surface area contributed by atoms with Crippen LogP contribution < -0.4 is 10.1 Å². The van der Waals surface area contributed by atoms with E-state index in [1.165, 1.54) is 5.56 Å². The van der Waals surface area contributed by atoms with Gasteiger partial charge in [0.05, 0.1) is 17.3 Å². The highest BCUT2D eigenvalue weighted by Crippen LogP contribution is 2.33. The van der Waals surface area contributed by atoms with Crippen molar-refractivity contribution in [3.05, 3.63) is 59.1 Å². The lowest BCUT2D eigenvalue weighted by atomic mass is 10.1. The highest BCUT2D eigenvalue weighted by molar-refractivity contribution is 6.32. The number of amides is 2. The summed E-state index contributed by atoms with van der Waals surface area (Å²) in [5, 5.41) is 3.42. The van der Waals surface area contributed by atoms with E-state index < -0.39 is 0 Å². The smallest absolute Gasteiger partial charge is 0.322 e. The number of carbonyl (C=O) groups is 1. The number of hydrogen-bond donors (Lipinski definition) is 1. The maximum absolute atomic E-state index is 12.8. The van der Waals surface area contributed by atoms with Crippen LogP contribution in [-0.2, 0) is 11.2 Å². The molecule has 1 fully saturated rings. The fraction of sp³-hybridized carbons (Fsp3) is 0.435. The minimum Gasteiger partial charge on any atom is -0.487 e. The molecule has 1 saturated heterocycles. The molecule has 2 aromatic carbocycles. The van der Waals surface area contributed by atoms with Crippen molar-refractivity contribution in [3.63, 3.8) is 0 Å². The monoisotopic (exact) mass is 431 g/mol. The van der Waals surface area contributed by atoms with E-state index in [1.807, 2.05) is 17.9 Å². The maximum Gasteiger partial charge on any atom is 0.322 e. The molecule has 0 atom stereocenters. The molecule has 0 spiro atoms. The zero-order valence-electron chi connectivity index (χ0n) is 17.5. The number of piperazine rings is 1. The number of urea groups is 1. The van der Waals surface area contributed by atoms with E-state index in [0.717, 1.165) is 26.1 Å². The third-order valence-corrected chi connectivity index (χ3v) is 5.40. The Hall–Kier alpha value is -2.28. The van der Waals surface area contributed by atoms with E-state index in [2.05, 4.69) is 34.5 Å². The molecule has 0 radical (unpaired) electrons. The first kappa shape index (κ1) is 22.4. The first-order chi connectivity index (χ1) is 14.7. The number of ether oxygens (including phenoxy) is 2. The van der Waals surface area contributed by atoms with Crippen LogP contribution in [0.2, 0.25) is 5.02 Å². The number of anilines is 1. The molecule has 1 aliphatic rings. The van der Waals surface area contributed by atoms with Crippen LogP contribution in [0.25, 0.3) is 0 Å². The van der Waals surface area contributed by atoms with Crippen LogP contribution in [0.4, 0.5) is 10.5 Å². The number of nitrogens with one attached hydrogen (secondary N) is 1. The van der Waals surface area contributed by atoms with E-state index >= 15 is 0 Å². The van der Waals surface area contributed by atoms with Gasteiger partial charge in [0.1, 0.15) is 6.61 Å². The SMILES string of the molecule is CCOCCOc1c(Cl)cccc1NC(=O)N1CCN(CCc2ccccc2)CC1. The summed E-state index contributed by atoms with van der Waals surface area (Å²) in [5.74, 6) is 0.480. The molecule has 0 saturated carbocycles. The molecule has 7 heteroatoms. The molecule has 1 N–H and O–H groups in total. The number of benzene rings is 2. The largest absolute Gasteiger partial charge is 0.487 e. The van der Waals surface area contributed by atoms with Crippen molar-refractivity contribution in [2.24, 2.45) is 0 Å². The lowest BCUT2D eigenvalue weighted by molar-refractivity contribution is 0.110. The van der Waals surface area contributed by atoms with Crippen molar-refractivity contribution in [2.45, 2.75) is 13.3 Å². The van der Waals surface area contributed by atoms with Gasteiger partial charge in [0, 0.05) is 39.3 Å². The Kier molecular flexibility index (Phi) is 8.81. The van der Waals surface area contributed by atoms with Crippen LogP contribution in [0.1, 0.15) is 12.5 Å². The van der Waals surface area contributed by atoms with E-state index in [1.54, 1.807) is 18.2 Å². The average Bonchev–Trinajstić information content (AvgIpc) is 2.78. The summed E-state index contributed by atoms with van der Waals surface area (Å²) in [4.78, 5) is 17.0. The summed E-state index contributed by atoms with van der Waals surface area (Å²) in [6.07, 6.45) is 1.03. The van der Waals surface area contributed by atoms with Gasteiger partial charge in [-0.05, 0) is 31.0 Å². The van der Waals surface area contributed by atoms with Crippen LogP contribution in [0, 0.1) is 0 Å². The van der Waals surface area contributed by atoms with Gasteiger partial charge in [-0.2, -0.15) is 0 Å². The van der Waals surface area contributed by atoms with Gasteiger partial charge in [0.15, 0.2) is 5.75 Å². The minimum absolute atomic E-state index is 0.130. The Morgan fingerprint density at radius 1 is 1.03 bits per heavy atom. The van der Waals surface area contributed by atoms with Crippen molar-refractivity contribution >= 4 is 23.3 Å². The molecule has 0 aromatic heterocycles. The van der Waals surface area contributed by atoms with Gasteiger partial charge in [0.2, 0.25) is 0 Å². The van der Waals surface area contributed by atoms with Gasteiger partial charge in [-0.1, -0.05) is 48.0 Å². The standard InChI is InChI=1S/C23H30ClN3O3/c1-2-29-17-18-30-22-20(24)9-6-10-21(22)25-23(28)27-15-13-26(14-16-27)12-11-19-7-4-3-5-8-19/h3-10H,2,11-18H2,1H3,(H,25,28). The Morgan fingerprint density at radius 3 is 2.53 bits per heavy atom. The Labute approximate surface area is 183 Å². The van der Waals surface area contributed by atoms with Crippen LogP contribution in [0.3, 0.4) is 0 Å². The average molecular weight is 432 g/mol. The fourth-order valence-corrected chi connectivity index (χ4v) is 3.63. The fourth-order valence-electron chi connectivity index (χ4n) is 3.40. The first-order valence-corrected chi connectivity index (χ1v) is 10.9. The van der Waals surface area contributed by atoms with Crippen molar-refractivity contribution in [3.8, 4) is 5.75 Å². The van der Waals surface area contributed by atoms with Gasteiger partial charge in [0.25, 0.3) is 0 Å². The quantitative estimate of drug-likeness (QED) is 0.606. The molecular weight excluding hydrogens is 402 g/mol. The second-order valence-corrected chi connectivity index (χ2v) is 7.56. The molecule has 3 rings (SSSR count). The van der Waals surface area contributed by atoms with Crippen molar-refractivity contribution in [1.29, 1.82) is 0 Å². The lowest BCUT2D eigenvalue weighted by Crippen LogP contribution is -2.50. The van der Waals surface area contributed by atoms with Crippen LogP contribution >= 0.6 is 11.6 Å². The van der Waals surface area contributed by atoms with Crippen LogP contribution in [-0.4, -0.2) is 68.4 Å². The van der Waals surface area contributed by atoms with E-state index in [0.29, 0.717) is 49.4 Å². The number of nitrogens with zero attached hydrogens (tertiary/aromatic N) is 2. The molecule has 0 aliphatic carbocycles. The number of para-hydroxylation sites is 1. The van der Waals surface area contributed by atoms with Gasteiger partial charge < -0.3 is 19.7 Å². The summed E-state index contributed by atoms with van der Waals surface area (Å²) in [5.41, 5.74) is 1.92. The predicted molar refractivity (Wildman–Crippen MR) is 121 cm³/mol. The summed E-state index contributed by atoms with van der Waals surface area (Å²) in [7, 11) is 0. The number of rotatable bonds is 9. The topological polar surface area (TPSA) is 54.0 Å². The number of hydrogen-bond acceptors (Lipinski definition) is 4. The normalized spacial score (nSPS) is 14.5. The molecule has 2 aromatic rings. The van der Waals surface area contributed by atoms with Crippen LogP contribution in [0.15, 0.2) is 48.5 Å². The summed E-state index contributed by atoms with van der Waals surface area (Å²) >= 11 is 6.28. The Morgan fingerprint density at radius 2 is 1.80 bits per heavy atom. The van der Waals surface area contributed by atoms with Gasteiger partial charge in [-0.25, -0.2) is 4.79 Å². The zero-order chi connectivity index (χ0) is 21.2. The molecule has 1 aliphatic heterocycles. The Bertz CT molecular complexity index is 796. The summed E-state index contributed by atoms with van der Waals surface area (Å²) in [6.45, 7) is 7.55. The van der Waals surface area contributed by atoms with Crippen LogP contribution in [0.5, 0.6) is 5.75 Å². The van der Waals surface area contributed by atoms with Crippen molar-refractivity contribution < 1.29 is 14.3 Å². The minimum atomic E-state index is -0.130. The molecule has 2 amide bonds. The third-order valence-electron chi connectivity index (χ3n) is 5.11. The van der Waals surface area contributed by atoms with Gasteiger partial charge in [-0.15, -0.1) is 0 Å². The Balaban J connectivity index is 1.48. The second-order valence-electron chi connectivity index (χ2n) is 7.16. The van der Waals surface area contributed by atoms with E-state index in [-0.39, 0.29) is 6.03 Å². The lowest BCUT2D eigenvalue weighted by Gasteiger charge is -2.34. The molecule has 162 valence electrons. The molecular formula is C23H30ClN3O3. The second kappa shape index (κ2) is 11.8. The molecule has 0 unspecified atom stereocenters. The highest BCUT2D eigenvalue weighted by atomic mass is 35.5. The summed E-state index contributed by atoms with van der Waals surface area (Å²) < 4.78 is 11.1. The predicted octanol–water partition coefficient (Wildman–Crippen LogP) is 4.15. The first-order valence-electron chi connectivity index (χ1n) is 10.5. The van der Waals surface area contributed by atoms with E-state index in [4.69, 9.17) is 21.1 Å². The molecule has 1 heterocycles. The van der Waals surface area contributed by atoms with Gasteiger partial charge >= 0.3 is 6.03 Å². The maximum atomic E-state index is 12.8. The van der Waals surface area contributed by atoms with Crippen molar-refractivity contribution in [2.75, 3.05) is 57.9 Å². The third kappa shape index (κ3) is 6.62. The molecule has 0 bridgehead atoms. The van der Waals surface area contributed by atoms with E-state index in [9.17, 15) is 4.79 Å². The zero-order valence-corrected chi connectivity index (χ0v) is 18.2. The number of halogens is 1. The van der Waals surface area contributed by atoms with Crippen molar-refractivity contribution in [1.82, 2.24) is 9.80 Å².